The van der Waals surface area contributed by atoms with E-state index in [0.717, 1.165) is 25.0 Å². The van der Waals surface area contributed by atoms with E-state index < -0.39 is 4.92 Å². The summed E-state index contributed by atoms with van der Waals surface area (Å²) in [6.45, 7) is 4.49. The summed E-state index contributed by atoms with van der Waals surface area (Å²) in [5, 5.41) is 18.2. The van der Waals surface area contributed by atoms with Gasteiger partial charge in [-0.2, -0.15) is 0 Å². The minimum atomic E-state index is -0.396. The second-order valence-corrected chi connectivity index (χ2v) is 7.15. The fourth-order valence-electron chi connectivity index (χ4n) is 2.95. The van der Waals surface area contributed by atoms with Crippen molar-refractivity contribution in [1.82, 2.24) is 14.9 Å². The van der Waals surface area contributed by atoms with Gasteiger partial charge in [0.25, 0.3) is 0 Å². The Morgan fingerprint density at radius 1 is 1.54 bits per heavy atom. The zero-order chi connectivity index (χ0) is 16.6. The van der Waals surface area contributed by atoms with Crippen LogP contribution in [0.2, 0.25) is 0 Å². The number of rotatable bonds is 5. The number of anilines is 1. The summed E-state index contributed by atoms with van der Waals surface area (Å²) in [7, 11) is 0. The Morgan fingerprint density at radius 3 is 2.88 bits per heavy atom. The quantitative estimate of drug-likeness (QED) is 0.495. The van der Waals surface area contributed by atoms with Gasteiger partial charge in [0.2, 0.25) is 5.95 Å². The van der Waals surface area contributed by atoms with E-state index in [-0.39, 0.29) is 18.1 Å². The van der Waals surface area contributed by atoms with Gasteiger partial charge < -0.3 is 15.2 Å². The van der Waals surface area contributed by atoms with Crippen LogP contribution in [0.1, 0.15) is 19.8 Å². The van der Waals surface area contributed by atoms with E-state index in [0.29, 0.717) is 33.0 Å². The number of fused-ring (bicyclic) bond motifs is 1. The molecule has 0 radical (unpaired) electrons. The van der Waals surface area contributed by atoms with Crippen molar-refractivity contribution >= 4 is 66.9 Å². The maximum absolute atomic E-state index is 11.4. The molecule has 1 aromatic carbocycles. The predicted molar refractivity (Wildman–Crippen MR) is 104 cm³/mol. The molecular formula is C14H18Br2ClN5O2. The second-order valence-electron chi connectivity index (χ2n) is 5.50. The number of nitrogens with zero attached hydrogens (tertiary/aromatic N) is 3. The van der Waals surface area contributed by atoms with Crippen LogP contribution < -0.4 is 10.6 Å². The molecule has 1 aromatic heterocycles. The molecule has 7 nitrogen and oxygen atoms in total. The monoisotopic (exact) mass is 481 g/mol. The zero-order valence-electron chi connectivity index (χ0n) is 13.0. The van der Waals surface area contributed by atoms with Crippen LogP contribution in [0.4, 0.5) is 11.6 Å². The van der Waals surface area contributed by atoms with Gasteiger partial charge in [-0.15, -0.1) is 12.4 Å². The maximum Gasteiger partial charge on any atom is 0.312 e. The first-order valence-corrected chi connectivity index (χ1v) is 9.11. The standard InChI is InChI=1S/C14H17Br2N5O2.ClH/c1-2-20-10-6-9(15)11(16)13(21(22)23)12(10)19-14(20)18-7-8-4-3-5-17-8;/h6,8,17H,2-5,7H2,1H3,(H,18,19);1H. The molecule has 2 aromatic rings. The largest absolute Gasteiger partial charge is 0.354 e. The van der Waals surface area contributed by atoms with E-state index in [1.54, 1.807) is 0 Å². The minimum Gasteiger partial charge on any atom is -0.354 e. The number of halogens is 3. The van der Waals surface area contributed by atoms with Crippen molar-refractivity contribution in [3.8, 4) is 0 Å². The highest BCUT2D eigenvalue weighted by Crippen LogP contribution is 2.39. The third-order valence-corrected chi connectivity index (χ3v) is 6.04. The van der Waals surface area contributed by atoms with Crippen LogP contribution in [0.25, 0.3) is 11.0 Å². The highest BCUT2D eigenvalue weighted by Gasteiger charge is 2.25. The molecule has 1 saturated heterocycles. The lowest BCUT2D eigenvalue weighted by Crippen LogP contribution is -2.30. The third-order valence-electron chi connectivity index (χ3n) is 4.08. The number of hydrogen-bond acceptors (Lipinski definition) is 5. The predicted octanol–water partition coefficient (Wildman–Crippen LogP) is 4.08. The molecule has 2 heterocycles. The normalized spacial score (nSPS) is 17.0. The van der Waals surface area contributed by atoms with E-state index in [9.17, 15) is 10.1 Å². The number of hydrogen-bond donors (Lipinski definition) is 2. The van der Waals surface area contributed by atoms with Crippen molar-refractivity contribution in [2.45, 2.75) is 32.4 Å². The van der Waals surface area contributed by atoms with Crippen LogP contribution in [0.15, 0.2) is 15.0 Å². The van der Waals surface area contributed by atoms with Crippen molar-refractivity contribution in [2.24, 2.45) is 0 Å². The van der Waals surface area contributed by atoms with Gasteiger partial charge in [-0.3, -0.25) is 10.1 Å². The molecule has 0 bridgehead atoms. The lowest BCUT2D eigenvalue weighted by Gasteiger charge is -2.13. The summed E-state index contributed by atoms with van der Waals surface area (Å²) in [4.78, 5) is 15.5. The number of nitro benzene ring substituents is 1. The van der Waals surface area contributed by atoms with E-state index in [1.807, 2.05) is 17.6 Å². The van der Waals surface area contributed by atoms with Gasteiger partial charge in [0.1, 0.15) is 4.47 Å². The van der Waals surface area contributed by atoms with Crippen molar-refractivity contribution in [3.05, 3.63) is 25.1 Å². The first kappa shape index (κ1) is 19.4. The molecule has 1 fully saturated rings. The summed E-state index contributed by atoms with van der Waals surface area (Å²) >= 11 is 6.66. The molecule has 0 amide bonds. The molecule has 3 rings (SSSR count). The molecule has 2 N–H and O–H groups in total. The fourth-order valence-corrected chi connectivity index (χ4v) is 3.81. The molecule has 24 heavy (non-hydrogen) atoms. The van der Waals surface area contributed by atoms with E-state index >= 15 is 0 Å². The van der Waals surface area contributed by atoms with E-state index in [4.69, 9.17) is 0 Å². The van der Waals surface area contributed by atoms with Crippen molar-refractivity contribution < 1.29 is 4.92 Å². The summed E-state index contributed by atoms with van der Waals surface area (Å²) in [5.41, 5.74) is 1.13. The Balaban J connectivity index is 0.00000208. The summed E-state index contributed by atoms with van der Waals surface area (Å²) in [6.07, 6.45) is 2.32. The summed E-state index contributed by atoms with van der Waals surface area (Å²) < 4.78 is 3.03. The van der Waals surface area contributed by atoms with Crippen LogP contribution in [0.5, 0.6) is 0 Å². The van der Waals surface area contributed by atoms with Crippen molar-refractivity contribution in [1.29, 1.82) is 0 Å². The SMILES string of the molecule is CCn1c(NCC2CCCN2)nc2c([N+](=O)[O-])c(Br)c(Br)cc21.Cl. The Labute approximate surface area is 162 Å². The third kappa shape index (κ3) is 3.54. The van der Waals surface area contributed by atoms with Crippen molar-refractivity contribution in [2.75, 3.05) is 18.4 Å². The average Bonchev–Trinajstić information content (AvgIpc) is 3.12. The Bertz CT molecular complexity index is 761. The van der Waals surface area contributed by atoms with Crippen LogP contribution in [-0.2, 0) is 6.54 Å². The Kier molecular flexibility index (Phi) is 6.46. The topological polar surface area (TPSA) is 85.0 Å². The molecule has 0 spiro atoms. The number of nitro groups is 1. The lowest BCUT2D eigenvalue weighted by atomic mass is 10.2. The lowest BCUT2D eigenvalue weighted by molar-refractivity contribution is -0.384. The molecule has 1 unspecified atom stereocenters. The number of nitrogens with one attached hydrogen (secondary N) is 2. The second kappa shape index (κ2) is 7.99. The highest BCUT2D eigenvalue weighted by atomic mass is 79.9. The summed E-state index contributed by atoms with van der Waals surface area (Å²) in [5.74, 6) is 0.671. The molecule has 0 saturated carbocycles. The van der Waals surface area contributed by atoms with Crippen LogP contribution in [0, 0.1) is 10.1 Å². The highest BCUT2D eigenvalue weighted by molar-refractivity contribution is 9.13. The van der Waals surface area contributed by atoms with Gasteiger partial charge in [-0.25, -0.2) is 4.98 Å². The van der Waals surface area contributed by atoms with Gasteiger partial charge >= 0.3 is 5.69 Å². The molecule has 1 atom stereocenters. The summed E-state index contributed by atoms with van der Waals surface area (Å²) in [6, 6.07) is 2.29. The van der Waals surface area contributed by atoms with Crippen LogP contribution in [0.3, 0.4) is 0 Å². The molecule has 10 heteroatoms. The Morgan fingerprint density at radius 2 is 2.29 bits per heavy atom. The first-order chi connectivity index (χ1) is 11.0. The first-order valence-electron chi connectivity index (χ1n) is 7.52. The van der Waals surface area contributed by atoms with Gasteiger partial charge in [-0.05, 0) is 64.2 Å². The molecule has 1 aliphatic rings. The smallest absolute Gasteiger partial charge is 0.312 e. The van der Waals surface area contributed by atoms with E-state index in [1.165, 1.54) is 6.42 Å². The molecule has 0 aliphatic carbocycles. The molecule has 1 aliphatic heterocycles. The number of aryl methyl sites for hydroxylation is 1. The van der Waals surface area contributed by atoms with Crippen molar-refractivity contribution in [3.63, 3.8) is 0 Å². The van der Waals surface area contributed by atoms with Gasteiger partial charge in [0.05, 0.1) is 10.4 Å². The number of aromatic nitrogens is 2. The van der Waals surface area contributed by atoms with Crippen LogP contribution in [-0.4, -0.2) is 33.6 Å². The number of imidazole rings is 1. The average molecular weight is 484 g/mol. The van der Waals surface area contributed by atoms with Gasteiger partial charge in [-0.1, -0.05) is 0 Å². The zero-order valence-corrected chi connectivity index (χ0v) is 17.0. The minimum absolute atomic E-state index is 0. The van der Waals surface area contributed by atoms with E-state index in [2.05, 4.69) is 47.5 Å². The molecule has 132 valence electrons. The van der Waals surface area contributed by atoms with Gasteiger partial charge in [0.15, 0.2) is 5.52 Å². The maximum atomic E-state index is 11.4. The fraction of sp³-hybridized carbons (Fsp3) is 0.500. The number of benzene rings is 1. The Hall–Kier alpha value is -0.900. The van der Waals surface area contributed by atoms with Gasteiger partial charge in [0, 0.05) is 23.6 Å². The molecular weight excluding hydrogens is 465 g/mol. The van der Waals surface area contributed by atoms with Crippen LogP contribution >= 0.6 is 44.3 Å².